The van der Waals surface area contributed by atoms with Crippen LogP contribution in [-0.4, -0.2) is 16.8 Å². The summed E-state index contributed by atoms with van der Waals surface area (Å²) >= 11 is 0. The summed E-state index contributed by atoms with van der Waals surface area (Å²) in [5, 5.41) is 0.417. The van der Waals surface area contributed by atoms with E-state index in [1.54, 1.807) is 47.4 Å². The molecule has 0 N–H and O–H groups in total. The number of nitrogens with zero attached hydrogens (tertiary/aromatic N) is 1. The van der Waals surface area contributed by atoms with Crippen LogP contribution in [0.4, 0.5) is 4.39 Å². The SMILES string of the molecule is O=C1c2oc3ccccc3c(=O)c2C(c2ccccc2F)N1C1CCCCC1. The van der Waals surface area contributed by atoms with Crippen molar-refractivity contribution in [3.63, 3.8) is 0 Å². The summed E-state index contributed by atoms with van der Waals surface area (Å²) in [6, 6.07) is 12.5. The summed E-state index contributed by atoms with van der Waals surface area (Å²) in [5.74, 6) is -0.665. The van der Waals surface area contributed by atoms with Gasteiger partial charge in [0, 0.05) is 11.6 Å². The van der Waals surface area contributed by atoms with E-state index < -0.39 is 11.9 Å². The first-order valence-corrected chi connectivity index (χ1v) is 9.79. The van der Waals surface area contributed by atoms with E-state index in [2.05, 4.69) is 0 Å². The molecule has 5 heteroatoms. The molecule has 0 bridgehead atoms. The molecule has 1 saturated carbocycles. The van der Waals surface area contributed by atoms with Crippen molar-refractivity contribution in [1.82, 2.24) is 4.90 Å². The van der Waals surface area contributed by atoms with Crippen molar-refractivity contribution in [2.24, 2.45) is 0 Å². The third kappa shape index (κ3) is 2.49. The van der Waals surface area contributed by atoms with Gasteiger partial charge < -0.3 is 9.32 Å². The molecule has 0 spiro atoms. The lowest BCUT2D eigenvalue weighted by molar-refractivity contribution is 0.0589. The quantitative estimate of drug-likeness (QED) is 0.644. The molecule has 0 saturated heterocycles. The summed E-state index contributed by atoms with van der Waals surface area (Å²) in [7, 11) is 0. The highest BCUT2D eigenvalue weighted by molar-refractivity contribution is 5.99. The number of halogens is 1. The van der Waals surface area contributed by atoms with Crippen molar-refractivity contribution in [2.75, 3.05) is 0 Å². The van der Waals surface area contributed by atoms with E-state index in [1.807, 2.05) is 0 Å². The Morgan fingerprint density at radius 1 is 0.929 bits per heavy atom. The summed E-state index contributed by atoms with van der Waals surface area (Å²) in [6.45, 7) is 0. The summed E-state index contributed by atoms with van der Waals surface area (Å²) in [4.78, 5) is 28.4. The van der Waals surface area contributed by atoms with Crippen molar-refractivity contribution < 1.29 is 13.6 Å². The van der Waals surface area contributed by atoms with Crippen LogP contribution in [0.25, 0.3) is 11.0 Å². The maximum atomic E-state index is 14.8. The van der Waals surface area contributed by atoms with Crippen LogP contribution in [0.15, 0.2) is 57.7 Å². The maximum absolute atomic E-state index is 14.8. The number of carbonyl (C=O) groups excluding carboxylic acids is 1. The molecule has 3 aromatic rings. The molecule has 1 fully saturated rings. The molecule has 2 aliphatic rings. The average Bonchev–Trinajstić information content (AvgIpc) is 3.02. The van der Waals surface area contributed by atoms with Gasteiger partial charge in [0.25, 0.3) is 5.91 Å². The van der Waals surface area contributed by atoms with Crippen molar-refractivity contribution >= 4 is 16.9 Å². The first-order valence-electron chi connectivity index (χ1n) is 9.79. The van der Waals surface area contributed by atoms with Crippen molar-refractivity contribution in [2.45, 2.75) is 44.2 Å². The average molecular weight is 377 g/mol. The zero-order valence-electron chi connectivity index (χ0n) is 15.4. The van der Waals surface area contributed by atoms with Crippen molar-refractivity contribution in [3.05, 3.63) is 81.5 Å². The number of benzene rings is 2. The first kappa shape index (κ1) is 17.2. The third-order valence-corrected chi connectivity index (χ3v) is 5.98. The molecule has 2 aromatic carbocycles. The first-order chi connectivity index (χ1) is 13.7. The normalized spacial score (nSPS) is 20.0. The van der Waals surface area contributed by atoms with Gasteiger partial charge >= 0.3 is 0 Å². The Morgan fingerprint density at radius 2 is 1.64 bits per heavy atom. The van der Waals surface area contributed by atoms with E-state index in [9.17, 15) is 14.0 Å². The van der Waals surface area contributed by atoms with E-state index in [0.29, 0.717) is 16.5 Å². The molecule has 1 unspecified atom stereocenters. The number of hydrogen-bond acceptors (Lipinski definition) is 3. The molecule has 0 radical (unpaired) electrons. The van der Waals surface area contributed by atoms with E-state index in [1.165, 1.54) is 6.07 Å². The third-order valence-electron chi connectivity index (χ3n) is 5.98. The smallest absolute Gasteiger partial charge is 0.291 e. The minimum absolute atomic E-state index is 0.0176. The van der Waals surface area contributed by atoms with Crippen LogP contribution in [-0.2, 0) is 0 Å². The topological polar surface area (TPSA) is 50.5 Å². The second-order valence-electron chi connectivity index (χ2n) is 7.60. The highest BCUT2D eigenvalue weighted by Crippen LogP contribution is 2.42. The van der Waals surface area contributed by atoms with Gasteiger partial charge in [-0.25, -0.2) is 4.39 Å². The molecule has 1 amide bonds. The van der Waals surface area contributed by atoms with Gasteiger partial charge in [0.2, 0.25) is 5.76 Å². The molecular weight excluding hydrogens is 357 g/mol. The van der Waals surface area contributed by atoms with Gasteiger partial charge in [-0.15, -0.1) is 0 Å². The predicted octanol–water partition coefficient (Wildman–Crippen LogP) is 4.81. The van der Waals surface area contributed by atoms with Gasteiger partial charge in [0.15, 0.2) is 5.43 Å². The summed E-state index contributed by atoms with van der Waals surface area (Å²) < 4.78 is 20.7. The van der Waals surface area contributed by atoms with Crippen LogP contribution >= 0.6 is 0 Å². The molecule has 28 heavy (non-hydrogen) atoms. The van der Waals surface area contributed by atoms with Crippen LogP contribution in [0.5, 0.6) is 0 Å². The van der Waals surface area contributed by atoms with Gasteiger partial charge in [-0.3, -0.25) is 9.59 Å². The van der Waals surface area contributed by atoms with Crippen LogP contribution in [0, 0.1) is 5.82 Å². The molecule has 5 rings (SSSR count). The predicted molar refractivity (Wildman–Crippen MR) is 104 cm³/mol. The Bertz CT molecular complexity index is 1130. The Morgan fingerprint density at radius 3 is 2.43 bits per heavy atom. The summed E-state index contributed by atoms with van der Waals surface area (Å²) in [5.41, 5.74) is 0.747. The largest absolute Gasteiger partial charge is 0.450 e. The zero-order chi connectivity index (χ0) is 19.3. The Labute approximate surface area is 161 Å². The van der Waals surface area contributed by atoms with Crippen LogP contribution in [0.3, 0.4) is 0 Å². The molecule has 1 aromatic heterocycles. The fourth-order valence-corrected chi connectivity index (χ4v) is 4.68. The van der Waals surface area contributed by atoms with E-state index in [4.69, 9.17) is 4.42 Å². The highest BCUT2D eigenvalue weighted by atomic mass is 19.1. The molecule has 2 heterocycles. The monoisotopic (exact) mass is 377 g/mol. The van der Waals surface area contributed by atoms with Gasteiger partial charge in [0.05, 0.1) is 17.0 Å². The Hall–Kier alpha value is -2.95. The zero-order valence-corrected chi connectivity index (χ0v) is 15.4. The molecule has 142 valence electrons. The van der Waals surface area contributed by atoms with E-state index >= 15 is 0 Å². The van der Waals surface area contributed by atoms with Gasteiger partial charge in [-0.1, -0.05) is 49.6 Å². The number of fused-ring (bicyclic) bond motifs is 2. The van der Waals surface area contributed by atoms with Crippen molar-refractivity contribution in [1.29, 1.82) is 0 Å². The fourth-order valence-electron chi connectivity index (χ4n) is 4.68. The van der Waals surface area contributed by atoms with Gasteiger partial charge in [-0.05, 0) is 31.0 Å². The standard InChI is InChI=1S/C23H20FNO3/c24-17-12-6-4-10-15(17)20-19-21(26)16-11-5-7-13-18(16)28-22(19)23(27)25(20)14-8-2-1-3-9-14/h4-7,10-14,20H,1-3,8-9H2. The molecule has 4 nitrogen and oxygen atoms in total. The lowest BCUT2D eigenvalue weighted by Gasteiger charge is -2.35. The molecule has 1 aliphatic carbocycles. The Balaban J connectivity index is 1.78. The lowest BCUT2D eigenvalue weighted by Crippen LogP contribution is -2.40. The Kier molecular flexibility index (Phi) is 4.04. The second kappa shape index (κ2) is 6.59. The van der Waals surface area contributed by atoms with E-state index in [-0.39, 0.29) is 28.7 Å². The number of amides is 1. The maximum Gasteiger partial charge on any atom is 0.291 e. The number of para-hydroxylation sites is 1. The summed E-state index contributed by atoms with van der Waals surface area (Å²) in [6.07, 6.45) is 4.91. The van der Waals surface area contributed by atoms with E-state index in [0.717, 1.165) is 32.1 Å². The highest BCUT2D eigenvalue weighted by Gasteiger charge is 2.46. The number of rotatable bonds is 2. The molecule has 1 atom stereocenters. The fraction of sp³-hybridized carbons (Fsp3) is 0.304. The van der Waals surface area contributed by atoms with Crippen LogP contribution in [0.1, 0.15) is 59.8 Å². The minimum Gasteiger partial charge on any atom is -0.450 e. The lowest BCUT2D eigenvalue weighted by atomic mass is 9.91. The minimum atomic E-state index is -0.743. The molecular formula is C23H20FNO3. The molecule has 1 aliphatic heterocycles. The van der Waals surface area contributed by atoms with Crippen LogP contribution < -0.4 is 5.43 Å². The second-order valence-corrected chi connectivity index (χ2v) is 7.60. The number of hydrogen-bond donors (Lipinski definition) is 0. The van der Waals surface area contributed by atoms with Crippen LogP contribution in [0.2, 0.25) is 0 Å². The van der Waals surface area contributed by atoms with Crippen molar-refractivity contribution in [3.8, 4) is 0 Å². The number of carbonyl (C=O) groups is 1. The van der Waals surface area contributed by atoms with Gasteiger partial charge in [0.1, 0.15) is 11.4 Å². The van der Waals surface area contributed by atoms with Gasteiger partial charge in [-0.2, -0.15) is 0 Å².